The zero-order chi connectivity index (χ0) is 23.4. The van der Waals surface area contributed by atoms with Gasteiger partial charge in [0.1, 0.15) is 0 Å². The van der Waals surface area contributed by atoms with E-state index in [-0.39, 0.29) is 19.3 Å². The Hall–Kier alpha value is -3.38. The molecule has 0 aromatic heterocycles. The number of hydrogen-bond acceptors (Lipinski definition) is 8. The van der Waals surface area contributed by atoms with Gasteiger partial charge < -0.3 is 18.9 Å². The number of carbonyl (C=O) groups is 4. The Bertz CT molecular complexity index is 819. The first-order valence-corrected chi connectivity index (χ1v) is 9.54. The first kappa shape index (κ1) is 25.7. The fraction of sp³-hybridized carbons (Fsp3) is 0.435. The third-order valence-corrected chi connectivity index (χ3v) is 5.02. The predicted molar refractivity (Wildman–Crippen MR) is 111 cm³/mol. The quantitative estimate of drug-likeness (QED) is 0.227. The molecule has 0 aliphatic heterocycles. The molecule has 0 spiro atoms. The highest BCUT2D eigenvalue weighted by molar-refractivity contribution is 6.00. The Morgan fingerprint density at radius 1 is 0.935 bits per heavy atom. The van der Waals surface area contributed by atoms with E-state index in [2.05, 4.69) is 12.3 Å². The molecule has 1 aromatic carbocycles. The Balaban J connectivity index is 3.45. The Labute approximate surface area is 181 Å². The van der Waals surface area contributed by atoms with Crippen molar-refractivity contribution in [3.8, 4) is 0 Å². The van der Waals surface area contributed by atoms with Crippen molar-refractivity contribution in [2.24, 2.45) is 11.3 Å². The molecule has 0 aliphatic rings. The third-order valence-electron chi connectivity index (χ3n) is 5.02. The van der Waals surface area contributed by atoms with Crippen LogP contribution in [0.5, 0.6) is 0 Å². The van der Waals surface area contributed by atoms with Gasteiger partial charge in [0.25, 0.3) is 0 Å². The van der Waals surface area contributed by atoms with Crippen molar-refractivity contribution < 1.29 is 38.1 Å². The largest absolute Gasteiger partial charge is 0.468 e. The van der Waals surface area contributed by atoms with Crippen LogP contribution in [0, 0.1) is 11.3 Å². The minimum atomic E-state index is -1.63. The summed E-state index contributed by atoms with van der Waals surface area (Å²) in [6.45, 7) is 3.49. The molecule has 8 heteroatoms. The highest BCUT2D eigenvalue weighted by Gasteiger charge is 2.48. The molecule has 1 rings (SSSR count). The smallest absolute Gasteiger partial charge is 0.323 e. The molecule has 0 radical (unpaired) electrons. The van der Waals surface area contributed by atoms with Crippen LogP contribution in [0.2, 0.25) is 0 Å². The van der Waals surface area contributed by atoms with Crippen LogP contribution in [0.15, 0.2) is 42.7 Å². The number of rotatable bonds is 11. The summed E-state index contributed by atoms with van der Waals surface area (Å²) < 4.78 is 19.3. The minimum Gasteiger partial charge on any atom is -0.468 e. The molecular formula is C23H28O8. The molecule has 31 heavy (non-hydrogen) atoms. The summed E-state index contributed by atoms with van der Waals surface area (Å²) in [5.41, 5.74) is 2.15. The van der Waals surface area contributed by atoms with Crippen LogP contribution in [0.1, 0.15) is 24.0 Å². The van der Waals surface area contributed by atoms with Gasteiger partial charge in [0.05, 0.1) is 28.4 Å². The lowest BCUT2D eigenvalue weighted by molar-refractivity contribution is -0.170. The van der Waals surface area contributed by atoms with Crippen LogP contribution >= 0.6 is 0 Å². The number of allylic oxidation sites excluding steroid dienone is 1. The predicted octanol–water partition coefficient (Wildman–Crippen LogP) is 2.19. The van der Waals surface area contributed by atoms with Crippen molar-refractivity contribution in [3.63, 3.8) is 0 Å². The van der Waals surface area contributed by atoms with Crippen LogP contribution in [0.4, 0.5) is 0 Å². The van der Waals surface area contributed by atoms with Crippen LogP contribution in [0.25, 0.3) is 0 Å². The Kier molecular flexibility index (Phi) is 10.2. The van der Waals surface area contributed by atoms with Gasteiger partial charge in [0, 0.05) is 0 Å². The van der Waals surface area contributed by atoms with Gasteiger partial charge in [-0.3, -0.25) is 19.2 Å². The van der Waals surface area contributed by atoms with E-state index in [1.165, 1.54) is 28.4 Å². The maximum Gasteiger partial charge on any atom is 0.323 e. The topological polar surface area (TPSA) is 105 Å². The number of carbonyl (C=O) groups excluding carboxylic acids is 4. The fourth-order valence-corrected chi connectivity index (χ4v) is 3.35. The lowest BCUT2D eigenvalue weighted by Crippen LogP contribution is -2.43. The van der Waals surface area contributed by atoms with E-state index < -0.39 is 35.2 Å². The van der Waals surface area contributed by atoms with E-state index in [1.807, 2.05) is 0 Å². The molecule has 0 bridgehead atoms. The molecule has 1 aromatic rings. The summed E-state index contributed by atoms with van der Waals surface area (Å²) >= 11 is 0. The molecule has 0 atom stereocenters. The standard InChI is InChI=1S/C23H28O8/c1-6-7-10-13-23(21(26)30-4,22(27)31-5)15-17-12-9-8-11-16(17)14-18(19(24)28-2)20(25)29-3/h7-9,11-12,18H,1,10,13-15H2,2-5H3. The number of methoxy groups -OCH3 is 4. The van der Waals surface area contributed by atoms with Gasteiger partial charge in [-0.05, 0) is 42.9 Å². The van der Waals surface area contributed by atoms with Gasteiger partial charge in [-0.2, -0.15) is 0 Å². The van der Waals surface area contributed by atoms with E-state index in [4.69, 9.17) is 18.9 Å². The van der Waals surface area contributed by atoms with Gasteiger partial charge in [0.2, 0.25) is 0 Å². The van der Waals surface area contributed by atoms with Crippen LogP contribution in [-0.4, -0.2) is 52.3 Å². The summed E-state index contributed by atoms with van der Waals surface area (Å²) in [6, 6.07) is 6.87. The van der Waals surface area contributed by atoms with E-state index in [0.717, 1.165) is 0 Å². The van der Waals surface area contributed by atoms with E-state index in [0.29, 0.717) is 17.5 Å². The molecule has 0 fully saturated rings. The van der Waals surface area contributed by atoms with Crippen molar-refractivity contribution in [1.29, 1.82) is 0 Å². The highest BCUT2D eigenvalue weighted by Crippen LogP contribution is 2.34. The molecule has 0 saturated carbocycles. The molecular weight excluding hydrogens is 404 g/mol. The first-order chi connectivity index (χ1) is 14.8. The Morgan fingerprint density at radius 2 is 1.45 bits per heavy atom. The van der Waals surface area contributed by atoms with Crippen molar-refractivity contribution in [2.75, 3.05) is 28.4 Å². The van der Waals surface area contributed by atoms with Gasteiger partial charge in [-0.25, -0.2) is 0 Å². The first-order valence-electron chi connectivity index (χ1n) is 9.54. The van der Waals surface area contributed by atoms with E-state index >= 15 is 0 Å². The molecule has 0 N–H and O–H groups in total. The summed E-state index contributed by atoms with van der Waals surface area (Å²) in [5.74, 6) is -4.17. The van der Waals surface area contributed by atoms with Crippen molar-refractivity contribution >= 4 is 23.9 Å². The normalized spacial score (nSPS) is 10.6. The SMILES string of the molecule is C=C=CCCC(Cc1ccccc1CC(C(=O)OC)C(=O)OC)(C(=O)OC)C(=O)OC. The molecule has 0 unspecified atom stereocenters. The molecule has 0 aliphatic carbocycles. The average molecular weight is 432 g/mol. The zero-order valence-electron chi connectivity index (χ0n) is 18.3. The second kappa shape index (κ2) is 12.3. The van der Waals surface area contributed by atoms with Crippen LogP contribution in [0.3, 0.4) is 0 Å². The maximum absolute atomic E-state index is 12.8. The van der Waals surface area contributed by atoms with Gasteiger partial charge in [0.15, 0.2) is 11.3 Å². The van der Waals surface area contributed by atoms with E-state index in [1.54, 1.807) is 30.3 Å². The van der Waals surface area contributed by atoms with Crippen molar-refractivity contribution in [2.45, 2.75) is 25.7 Å². The molecule has 168 valence electrons. The number of hydrogen-bond donors (Lipinski definition) is 0. The van der Waals surface area contributed by atoms with Crippen molar-refractivity contribution in [3.05, 3.63) is 53.8 Å². The van der Waals surface area contributed by atoms with Crippen molar-refractivity contribution in [1.82, 2.24) is 0 Å². The van der Waals surface area contributed by atoms with Gasteiger partial charge in [-0.15, -0.1) is 5.73 Å². The maximum atomic E-state index is 12.8. The lowest BCUT2D eigenvalue weighted by Gasteiger charge is -2.29. The number of benzene rings is 1. The zero-order valence-corrected chi connectivity index (χ0v) is 18.3. The summed E-state index contributed by atoms with van der Waals surface area (Å²) in [7, 11) is 4.74. The van der Waals surface area contributed by atoms with Crippen LogP contribution < -0.4 is 0 Å². The van der Waals surface area contributed by atoms with Gasteiger partial charge in [-0.1, -0.05) is 30.8 Å². The molecule has 0 saturated heterocycles. The second-order valence-corrected chi connectivity index (χ2v) is 6.76. The average Bonchev–Trinajstić information content (AvgIpc) is 2.80. The molecule has 0 heterocycles. The van der Waals surface area contributed by atoms with Gasteiger partial charge >= 0.3 is 23.9 Å². The van der Waals surface area contributed by atoms with Crippen LogP contribution in [-0.2, 0) is 51.0 Å². The summed E-state index contributed by atoms with van der Waals surface area (Å²) in [4.78, 5) is 49.7. The fourth-order valence-electron chi connectivity index (χ4n) is 3.35. The second-order valence-electron chi connectivity index (χ2n) is 6.76. The number of esters is 4. The lowest BCUT2D eigenvalue weighted by atomic mass is 9.76. The third kappa shape index (κ3) is 6.30. The molecule has 8 nitrogen and oxygen atoms in total. The minimum absolute atomic E-state index is 0.0273. The van der Waals surface area contributed by atoms with E-state index in [9.17, 15) is 19.2 Å². The highest BCUT2D eigenvalue weighted by atomic mass is 16.6. The Morgan fingerprint density at radius 3 is 1.90 bits per heavy atom. The summed E-state index contributed by atoms with van der Waals surface area (Å²) in [5, 5.41) is 0. The molecule has 0 amide bonds. The number of ether oxygens (including phenoxy) is 4. The monoisotopic (exact) mass is 432 g/mol. The summed E-state index contributed by atoms with van der Waals surface area (Å²) in [6.07, 6.45) is 1.96.